The number of rotatable bonds is 0. The van der Waals surface area contributed by atoms with Crippen molar-refractivity contribution in [2.75, 3.05) is 0 Å². The SMILES string of the molecule is NC1CC2(CCC(C(F)(F)F)CC2)Oc2ccc(Br)cc21. The number of fused-ring (bicyclic) bond motifs is 1. The van der Waals surface area contributed by atoms with Crippen LogP contribution >= 0.6 is 15.9 Å². The van der Waals surface area contributed by atoms with E-state index in [0.717, 1.165) is 10.0 Å². The van der Waals surface area contributed by atoms with Gasteiger partial charge in [0.05, 0.1) is 5.92 Å². The number of hydrogen-bond donors (Lipinski definition) is 1. The van der Waals surface area contributed by atoms with Gasteiger partial charge >= 0.3 is 6.18 Å². The summed E-state index contributed by atoms with van der Waals surface area (Å²) in [5.74, 6) is -0.489. The lowest BCUT2D eigenvalue weighted by Gasteiger charge is -2.45. The summed E-state index contributed by atoms with van der Waals surface area (Å²) >= 11 is 3.40. The molecule has 1 fully saturated rings. The van der Waals surface area contributed by atoms with E-state index in [1.165, 1.54) is 0 Å². The van der Waals surface area contributed by atoms with Crippen molar-refractivity contribution in [2.24, 2.45) is 11.7 Å². The zero-order valence-electron chi connectivity index (χ0n) is 11.4. The van der Waals surface area contributed by atoms with Crippen LogP contribution in [-0.4, -0.2) is 11.8 Å². The van der Waals surface area contributed by atoms with Crippen LogP contribution in [0.3, 0.4) is 0 Å². The summed E-state index contributed by atoms with van der Waals surface area (Å²) in [6.07, 6.45) is -2.42. The molecule has 2 aliphatic rings. The summed E-state index contributed by atoms with van der Waals surface area (Å²) in [7, 11) is 0. The van der Waals surface area contributed by atoms with Crippen molar-refractivity contribution in [3.63, 3.8) is 0 Å². The van der Waals surface area contributed by atoms with Crippen LogP contribution in [0.1, 0.15) is 43.7 Å². The first-order valence-electron chi connectivity index (χ1n) is 7.10. The fraction of sp³-hybridized carbons (Fsp3) is 0.600. The molecule has 0 radical (unpaired) electrons. The largest absolute Gasteiger partial charge is 0.487 e. The maximum atomic E-state index is 12.8. The van der Waals surface area contributed by atoms with Crippen LogP contribution in [0.25, 0.3) is 0 Å². The first kappa shape index (κ1) is 15.2. The minimum atomic E-state index is -4.10. The summed E-state index contributed by atoms with van der Waals surface area (Å²) in [5.41, 5.74) is 6.62. The minimum Gasteiger partial charge on any atom is -0.487 e. The van der Waals surface area contributed by atoms with Crippen LogP contribution in [-0.2, 0) is 0 Å². The van der Waals surface area contributed by atoms with Gasteiger partial charge in [-0.15, -0.1) is 0 Å². The average Bonchev–Trinajstić information content (AvgIpc) is 2.39. The average molecular weight is 364 g/mol. The fourth-order valence-corrected chi connectivity index (χ4v) is 3.84. The molecule has 0 bridgehead atoms. The molecule has 116 valence electrons. The van der Waals surface area contributed by atoms with E-state index in [2.05, 4.69) is 15.9 Å². The molecular weight excluding hydrogens is 347 g/mol. The summed E-state index contributed by atoms with van der Waals surface area (Å²) in [5, 5.41) is 0. The van der Waals surface area contributed by atoms with Crippen LogP contribution in [0.4, 0.5) is 13.2 Å². The molecule has 2 nitrogen and oxygen atoms in total. The predicted octanol–water partition coefficient (Wildman–Crippen LogP) is 4.72. The molecule has 21 heavy (non-hydrogen) atoms. The standard InChI is InChI=1S/C15H17BrF3NO/c16-10-1-2-13-11(7-10)12(20)8-14(21-13)5-3-9(4-6-14)15(17,18)19/h1-2,7,9,12H,3-6,8,20H2. The molecule has 3 rings (SSSR count). The zero-order valence-corrected chi connectivity index (χ0v) is 13.0. The Morgan fingerprint density at radius 1 is 1.24 bits per heavy atom. The van der Waals surface area contributed by atoms with Crippen LogP contribution in [0.5, 0.6) is 5.75 Å². The molecule has 0 saturated heterocycles. The molecule has 0 amide bonds. The topological polar surface area (TPSA) is 35.2 Å². The Kier molecular flexibility index (Phi) is 3.72. The zero-order chi connectivity index (χ0) is 15.3. The molecule has 1 unspecified atom stereocenters. The number of nitrogens with two attached hydrogens (primary N) is 1. The van der Waals surface area contributed by atoms with Crippen LogP contribution in [0.15, 0.2) is 22.7 Å². The van der Waals surface area contributed by atoms with E-state index in [1.807, 2.05) is 18.2 Å². The summed E-state index contributed by atoms with van der Waals surface area (Å²) in [6, 6.07) is 5.45. The molecule has 1 aliphatic carbocycles. The molecule has 1 heterocycles. The molecule has 6 heteroatoms. The molecule has 0 aromatic heterocycles. The summed E-state index contributed by atoms with van der Waals surface area (Å²) < 4.78 is 45.4. The van der Waals surface area contributed by atoms with E-state index in [0.29, 0.717) is 25.0 Å². The van der Waals surface area contributed by atoms with Gasteiger partial charge in [-0.2, -0.15) is 13.2 Å². The van der Waals surface area contributed by atoms with E-state index in [9.17, 15) is 13.2 Å². The number of halogens is 4. The first-order chi connectivity index (χ1) is 9.79. The molecule has 1 aromatic carbocycles. The van der Waals surface area contributed by atoms with Crippen molar-refractivity contribution in [3.05, 3.63) is 28.2 Å². The van der Waals surface area contributed by atoms with Crippen LogP contribution in [0.2, 0.25) is 0 Å². The van der Waals surface area contributed by atoms with E-state index in [-0.39, 0.29) is 18.9 Å². The summed E-state index contributed by atoms with van der Waals surface area (Å²) in [6.45, 7) is 0. The summed E-state index contributed by atoms with van der Waals surface area (Å²) in [4.78, 5) is 0. The Bertz CT molecular complexity index is 538. The Hall–Kier alpha value is -0.750. The third-order valence-electron chi connectivity index (χ3n) is 4.65. The van der Waals surface area contributed by atoms with Gasteiger partial charge in [0.25, 0.3) is 0 Å². The Labute approximate surface area is 130 Å². The van der Waals surface area contributed by atoms with E-state index < -0.39 is 17.7 Å². The minimum absolute atomic E-state index is 0.127. The van der Waals surface area contributed by atoms with Gasteiger partial charge in [-0.25, -0.2) is 0 Å². The van der Waals surface area contributed by atoms with Crippen molar-refractivity contribution in [1.82, 2.24) is 0 Å². The molecule has 1 atom stereocenters. The second-order valence-electron chi connectivity index (χ2n) is 6.09. The monoisotopic (exact) mass is 363 g/mol. The number of benzene rings is 1. The van der Waals surface area contributed by atoms with Crippen LogP contribution in [0, 0.1) is 5.92 Å². The van der Waals surface area contributed by atoms with Gasteiger partial charge in [0, 0.05) is 22.5 Å². The van der Waals surface area contributed by atoms with Gasteiger partial charge in [-0.05, 0) is 43.9 Å². The van der Waals surface area contributed by atoms with E-state index >= 15 is 0 Å². The lowest BCUT2D eigenvalue weighted by Crippen LogP contribution is -2.47. The molecular formula is C15H17BrF3NO. The maximum Gasteiger partial charge on any atom is 0.391 e. The van der Waals surface area contributed by atoms with Gasteiger partial charge in [-0.1, -0.05) is 15.9 Å². The lowest BCUT2D eigenvalue weighted by molar-refractivity contribution is -0.191. The smallest absolute Gasteiger partial charge is 0.391 e. The third-order valence-corrected chi connectivity index (χ3v) is 5.14. The highest BCUT2D eigenvalue weighted by Crippen LogP contribution is 2.49. The highest BCUT2D eigenvalue weighted by Gasteiger charge is 2.49. The van der Waals surface area contributed by atoms with Gasteiger partial charge in [0.1, 0.15) is 11.4 Å². The Balaban J connectivity index is 1.79. The Morgan fingerprint density at radius 3 is 2.52 bits per heavy atom. The molecule has 1 aromatic rings. The highest BCUT2D eigenvalue weighted by molar-refractivity contribution is 9.10. The van der Waals surface area contributed by atoms with Gasteiger partial charge in [0.15, 0.2) is 0 Å². The second-order valence-corrected chi connectivity index (χ2v) is 7.01. The van der Waals surface area contributed by atoms with Gasteiger partial charge < -0.3 is 10.5 Å². The van der Waals surface area contributed by atoms with Crippen LogP contribution < -0.4 is 10.5 Å². The normalized spacial score (nSPS) is 32.6. The van der Waals surface area contributed by atoms with Crippen molar-refractivity contribution < 1.29 is 17.9 Å². The molecule has 1 saturated carbocycles. The maximum absolute atomic E-state index is 12.8. The van der Waals surface area contributed by atoms with Gasteiger partial charge in [-0.3, -0.25) is 0 Å². The molecule has 1 spiro atoms. The lowest BCUT2D eigenvalue weighted by atomic mass is 9.73. The van der Waals surface area contributed by atoms with E-state index in [1.54, 1.807) is 0 Å². The fourth-order valence-electron chi connectivity index (χ4n) is 3.47. The number of hydrogen-bond acceptors (Lipinski definition) is 2. The predicted molar refractivity (Wildman–Crippen MR) is 77.1 cm³/mol. The first-order valence-corrected chi connectivity index (χ1v) is 7.89. The quantitative estimate of drug-likeness (QED) is 0.723. The molecule has 2 N–H and O–H groups in total. The van der Waals surface area contributed by atoms with Crippen molar-refractivity contribution in [1.29, 1.82) is 0 Å². The van der Waals surface area contributed by atoms with Crippen molar-refractivity contribution in [2.45, 2.75) is 49.9 Å². The van der Waals surface area contributed by atoms with Crippen molar-refractivity contribution in [3.8, 4) is 5.75 Å². The molecule has 1 aliphatic heterocycles. The van der Waals surface area contributed by atoms with Gasteiger partial charge in [0.2, 0.25) is 0 Å². The Morgan fingerprint density at radius 2 is 1.90 bits per heavy atom. The van der Waals surface area contributed by atoms with E-state index in [4.69, 9.17) is 10.5 Å². The van der Waals surface area contributed by atoms with Crippen molar-refractivity contribution >= 4 is 15.9 Å². The highest BCUT2D eigenvalue weighted by atomic mass is 79.9. The second kappa shape index (κ2) is 5.16. The third kappa shape index (κ3) is 2.93. The number of ether oxygens (including phenoxy) is 1. The number of alkyl halides is 3.